The van der Waals surface area contributed by atoms with Crippen molar-refractivity contribution >= 4 is 17.3 Å². The Labute approximate surface area is 111 Å². The minimum absolute atomic E-state index is 0.0201. The molecule has 0 bridgehead atoms. The molecule has 3 rings (SSSR count). The van der Waals surface area contributed by atoms with Crippen LogP contribution in [0.1, 0.15) is 27.2 Å². The molecule has 1 aromatic carbocycles. The van der Waals surface area contributed by atoms with Gasteiger partial charge in [0.25, 0.3) is 5.91 Å². The van der Waals surface area contributed by atoms with E-state index < -0.39 is 0 Å². The van der Waals surface area contributed by atoms with Crippen molar-refractivity contribution in [3.05, 3.63) is 46.9 Å². The molecule has 4 heteroatoms. The summed E-state index contributed by atoms with van der Waals surface area (Å²) in [5.74, 6) is 0.631. The van der Waals surface area contributed by atoms with Crippen molar-refractivity contribution in [3.8, 4) is 0 Å². The molecule has 2 N–H and O–H groups in total. The van der Waals surface area contributed by atoms with Crippen molar-refractivity contribution in [1.29, 1.82) is 0 Å². The molecule has 4 nitrogen and oxygen atoms in total. The monoisotopic (exact) mass is 256 g/mol. The number of furan rings is 1. The molecular weight excluding hydrogens is 240 g/mol. The Balaban J connectivity index is 2.01. The van der Waals surface area contributed by atoms with Gasteiger partial charge in [-0.05, 0) is 43.5 Å². The van der Waals surface area contributed by atoms with E-state index in [-0.39, 0.29) is 5.91 Å². The standard InChI is InChI=1S/C15H16N2O2/c1-9-7-11-3-5-17(14(11)8-13(9)16)15(18)12-4-6-19-10(12)2/h4,6-8H,3,5,16H2,1-2H3. The van der Waals surface area contributed by atoms with E-state index >= 15 is 0 Å². The van der Waals surface area contributed by atoms with Crippen LogP contribution < -0.4 is 10.6 Å². The first kappa shape index (κ1) is 11.8. The third-order valence-corrected chi connectivity index (χ3v) is 3.70. The molecule has 0 saturated heterocycles. The zero-order chi connectivity index (χ0) is 13.6. The zero-order valence-corrected chi connectivity index (χ0v) is 11.1. The Morgan fingerprint density at radius 3 is 2.84 bits per heavy atom. The van der Waals surface area contributed by atoms with E-state index in [0.29, 0.717) is 17.9 Å². The molecule has 2 aromatic rings. The number of hydrogen-bond acceptors (Lipinski definition) is 3. The number of rotatable bonds is 1. The van der Waals surface area contributed by atoms with Gasteiger partial charge in [-0.1, -0.05) is 6.07 Å². The van der Waals surface area contributed by atoms with Gasteiger partial charge in [0, 0.05) is 17.9 Å². The SMILES string of the molecule is Cc1cc2c(cc1N)N(C(=O)c1ccoc1C)CC2. The van der Waals surface area contributed by atoms with Gasteiger partial charge in [-0.2, -0.15) is 0 Å². The Morgan fingerprint density at radius 2 is 2.16 bits per heavy atom. The summed E-state index contributed by atoms with van der Waals surface area (Å²) >= 11 is 0. The van der Waals surface area contributed by atoms with Crippen LogP contribution >= 0.6 is 0 Å². The number of nitrogen functional groups attached to an aromatic ring is 1. The molecule has 0 radical (unpaired) electrons. The zero-order valence-electron chi connectivity index (χ0n) is 11.1. The third-order valence-electron chi connectivity index (χ3n) is 3.70. The number of carbonyl (C=O) groups excluding carboxylic acids is 1. The van der Waals surface area contributed by atoms with Crippen LogP contribution in [0.3, 0.4) is 0 Å². The Hall–Kier alpha value is -2.23. The highest BCUT2D eigenvalue weighted by Crippen LogP contribution is 2.33. The number of benzene rings is 1. The Morgan fingerprint density at radius 1 is 1.37 bits per heavy atom. The van der Waals surface area contributed by atoms with E-state index in [2.05, 4.69) is 6.07 Å². The second-order valence-electron chi connectivity index (χ2n) is 4.93. The van der Waals surface area contributed by atoms with Crippen molar-refractivity contribution in [2.75, 3.05) is 17.2 Å². The van der Waals surface area contributed by atoms with E-state index in [1.54, 1.807) is 24.2 Å². The fourth-order valence-corrected chi connectivity index (χ4v) is 2.54. The van der Waals surface area contributed by atoms with Crippen LogP contribution in [-0.4, -0.2) is 12.5 Å². The van der Waals surface area contributed by atoms with Crippen LogP contribution in [0.5, 0.6) is 0 Å². The molecule has 1 aromatic heterocycles. The van der Waals surface area contributed by atoms with E-state index in [9.17, 15) is 4.79 Å². The first-order valence-electron chi connectivity index (χ1n) is 6.33. The van der Waals surface area contributed by atoms with Gasteiger partial charge in [0.05, 0.1) is 11.8 Å². The second kappa shape index (κ2) is 4.16. The van der Waals surface area contributed by atoms with E-state index in [0.717, 1.165) is 23.4 Å². The molecule has 0 atom stereocenters. The van der Waals surface area contributed by atoms with Crippen LogP contribution in [-0.2, 0) is 6.42 Å². The number of hydrogen-bond donors (Lipinski definition) is 1. The van der Waals surface area contributed by atoms with Crippen molar-refractivity contribution < 1.29 is 9.21 Å². The maximum atomic E-state index is 12.5. The largest absolute Gasteiger partial charge is 0.469 e. The summed E-state index contributed by atoms with van der Waals surface area (Å²) in [6.45, 7) is 4.48. The number of aryl methyl sites for hydroxylation is 2. The molecule has 19 heavy (non-hydrogen) atoms. The molecule has 0 aliphatic carbocycles. The highest BCUT2D eigenvalue weighted by Gasteiger charge is 2.27. The molecule has 1 aliphatic rings. The summed E-state index contributed by atoms with van der Waals surface area (Å²) < 4.78 is 5.20. The molecule has 0 fully saturated rings. The molecule has 2 heterocycles. The lowest BCUT2D eigenvalue weighted by atomic mass is 10.1. The first-order valence-corrected chi connectivity index (χ1v) is 6.33. The normalized spacial score (nSPS) is 13.7. The van der Waals surface area contributed by atoms with Crippen molar-refractivity contribution in [1.82, 2.24) is 0 Å². The quantitative estimate of drug-likeness (QED) is 0.798. The van der Waals surface area contributed by atoms with Crippen LogP contribution in [0.15, 0.2) is 28.9 Å². The van der Waals surface area contributed by atoms with Crippen LogP contribution in [0.4, 0.5) is 11.4 Å². The predicted molar refractivity (Wildman–Crippen MR) is 74.4 cm³/mol. The van der Waals surface area contributed by atoms with Crippen molar-refractivity contribution in [3.63, 3.8) is 0 Å². The number of anilines is 2. The Bertz CT molecular complexity index is 658. The van der Waals surface area contributed by atoms with Crippen LogP contribution in [0, 0.1) is 13.8 Å². The van der Waals surface area contributed by atoms with Gasteiger partial charge in [-0.25, -0.2) is 0 Å². The summed E-state index contributed by atoms with van der Waals surface area (Å²) in [6, 6.07) is 5.68. The number of nitrogens with zero attached hydrogens (tertiary/aromatic N) is 1. The fourth-order valence-electron chi connectivity index (χ4n) is 2.54. The summed E-state index contributed by atoms with van der Waals surface area (Å²) in [4.78, 5) is 14.3. The smallest absolute Gasteiger partial charge is 0.261 e. The van der Waals surface area contributed by atoms with Crippen LogP contribution in [0.2, 0.25) is 0 Å². The van der Waals surface area contributed by atoms with Gasteiger partial charge in [-0.15, -0.1) is 0 Å². The van der Waals surface area contributed by atoms with Gasteiger partial charge < -0.3 is 15.1 Å². The van der Waals surface area contributed by atoms with Gasteiger partial charge in [0.2, 0.25) is 0 Å². The topological polar surface area (TPSA) is 59.5 Å². The number of nitrogens with two attached hydrogens (primary N) is 1. The average Bonchev–Trinajstić information content (AvgIpc) is 2.96. The number of fused-ring (bicyclic) bond motifs is 1. The summed E-state index contributed by atoms with van der Waals surface area (Å²) in [6.07, 6.45) is 2.42. The molecule has 98 valence electrons. The van der Waals surface area contributed by atoms with Gasteiger partial charge >= 0.3 is 0 Å². The minimum Gasteiger partial charge on any atom is -0.469 e. The molecule has 0 saturated carbocycles. The molecular formula is C15H16N2O2. The molecule has 0 unspecified atom stereocenters. The van der Waals surface area contributed by atoms with Gasteiger partial charge in [0.15, 0.2) is 0 Å². The maximum Gasteiger partial charge on any atom is 0.261 e. The van der Waals surface area contributed by atoms with Gasteiger partial charge in [-0.3, -0.25) is 4.79 Å². The van der Waals surface area contributed by atoms with E-state index in [4.69, 9.17) is 10.2 Å². The lowest BCUT2D eigenvalue weighted by Crippen LogP contribution is -2.29. The minimum atomic E-state index is -0.0201. The average molecular weight is 256 g/mol. The second-order valence-corrected chi connectivity index (χ2v) is 4.93. The summed E-state index contributed by atoms with van der Waals surface area (Å²) in [7, 11) is 0. The summed E-state index contributed by atoms with van der Waals surface area (Å²) in [5.41, 5.74) is 10.5. The molecule has 1 amide bonds. The Kier molecular flexibility index (Phi) is 2.59. The number of carbonyl (C=O) groups is 1. The maximum absolute atomic E-state index is 12.5. The van der Waals surface area contributed by atoms with Crippen molar-refractivity contribution in [2.45, 2.75) is 20.3 Å². The van der Waals surface area contributed by atoms with Gasteiger partial charge in [0.1, 0.15) is 5.76 Å². The highest BCUT2D eigenvalue weighted by atomic mass is 16.3. The lowest BCUT2D eigenvalue weighted by Gasteiger charge is -2.17. The van der Waals surface area contributed by atoms with Crippen LogP contribution in [0.25, 0.3) is 0 Å². The summed E-state index contributed by atoms with van der Waals surface area (Å²) in [5, 5.41) is 0. The van der Waals surface area contributed by atoms with Crippen molar-refractivity contribution in [2.24, 2.45) is 0 Å². The number of amides is 1. The fraction of sp³-hybridized carbons (Fsp3) is 0.267. The molecule has 1 aliphatic heterocycles. The highest BCUT2D eigenvalue weighted by molar-refractivity contribution is 6.08. The third kappa shape index (κ3) is 1.80. The van der Waals surface area contributed by atoms with E-state index in [1.807, 2.05) is 13.0 Å². The molecule has 0 spiro atoms. The first-order chi connectivity index (χ1) is 9.08. The lowest BCUT2D eigenvalue weighted by molar-refractivity contribution is 0.0988. The predicted octanol–water partition coefficient (Wildman–Crippen LogP) is 2.68. The van der Waals surface area contributed by atoms with E-state index in [1.165, 1.54) is 5.56 Å².